The first-order valence-corrected chi connectivity index (χ1v) is 20.0. The maximum atomic E-state index is 14.5. The number of benzene rings is 4. The Hall–Kier alpha value is -4.46. The van der Waals surface area contributed by atoms with Gasteiger partial charge in [-0.15, -0.1) is 45.3 Å². The normalized spacial score (nSPS) is 12.3. The lowest BCUT2D eigenvalue weighted by Gasteiger charge is -2.05. The number of thiophene rings is 4. The summed E-state index contributed by atoms with van der Waals surface area (Å²) >= 11 is 7.49. The van der Waals surface area contributed by atoms with E-state index in [1.165, 1.54) is 57.5 Å². The van der Waals surface area contributed by atoms with Crippen LogP contribution in [0.2, 0.25) is 0 Å². The molecule has 10 aromatic rings. The number of fused-ring (bicyclic) bond motifs is 5. The average molecular weight is 851 g/mol. The van der Waals surface area contributed by atoms with Gasteiger partial charge in [-0.05, 0) is 70.1 Å². The molecule has 6 aromatic heterocycles. The number of halogens is 10. The van der Waals surface area contributed by atoms with Crippen LogP contribution in [0.1, 0.15) is 0 Å². The molecule has 0 aliphatic heterocycles. The number of nitrogens with zero attached hydrogens (tertiary/aromatic N) is 2. The van der Waals surface area contributed by atoms with Crippen molar-refractivity contribution in [3.63, 3.8) is 0 Å². The summed E-state index contributed by atoms with van der Waals surface area (Å²) in [7, 11) is 0. The fraction of sp³-hybridized carbons (Fsp3) is 0. The molecule has 0 saturated heterocycles. The first kappa shape index (κ1) is 34.1. The van der Waals surface area contributed by atoms with Crippen LogP contribution >= 0.6 is 68.0 Å². The molecule has 0 spiro atoms. The Morgan fingerprint density at radius 3 is 0.907 bits per heavy atom. The van der Waals surface area contributed by atoms with Crippen molar-refractivity contribution >= 4 is 118 Å². The Morgan fingerprint density at radius 2 is 0.574 bits per heavy atom. The predicted molar refractivity (Wildman–Crippen MR) is 198 cm³/mol. The smallest absolute Gasteiger partial charge is 0.200 e. The Morgan fingerprint density at radius 1 is 0.296 bits per heavy atom. The van der Waals surface area contributed by atoms with Crippen molar-refractivity contribution in [2.75, 3.05) is 0 Å². The van der Waals surface area contributed by atoms with E-state index in [0.29, 0.717) is 29.8 Å². The Bertz CT molecular complexity index is 2850. The van der Waals surface area contributed by atoms with Crippen LogP contribution in [0, 0.1) is 58.2 Å². The fourth-order valence-corrected chi connectivity index (χ4v) is 12.8. The molecule has 0 radical (unpaired) electrons. The topological polar surface area (TPSA) is 25.8 Å². The summed E-state index contributed by atoms with van der Waals surface area (Å²) in [6.45, 7) is 0. The van der Waals surface area contributed by atoms with Crippen LogP contribution < -0.4 is 0 Å². The maximum absolute atomic E-state index is 14.5. The van der Waals surface area contributed by atoms with Gasteiger partial charge in [-0.1, -0.05) is 22.7 Å². The van der Waals surface area contributed by atoms with Gasteiger partial charge in [0.15, 0.2) is 56.2 Å². The van der Waals surface area contributed by atoms with Gasteiger partial charge in [0.2, 0.25) is 11.6 Å². The highest BCUT2D eigenvalue weighted by Crippen LogP contribution is 2.47. The Labute approximate surface area is 317 Å². The second-order valence-corrected chi connectivity index (χ2v) is 18.1. The lowest BCUT2D eigenvalue weighted by atomic mass is 10.1. The SMILES string of the molecule is Fc1c(F)c(F)c(-c2cc3cc4cc(-c5nc6sc(-c7cc8cc9cc(-c%10c(F)c(F)c(F)c(F)c%10F)sc9cc8s7)nc6s5)sc4cc3s2)c(F)c1F. The Balaban J connectivity index is 0.947. The molecule has 4 aromatic carbocycles. The van der Waals surface area contributed by atoms with Gasteiger partial charge in [-0.2, -0.15) is 0 Å². The van der Waals surface area contributed by atoms with Crippen molar-refractivity contribution in [2.24, 2.45) is 0 Å². The zero-order chi connectivity index (χ0) is 37.5. The molecule has 0 N–H and O–H groups in total. The minimum atomic E-state index is -2.21. The fourth-order valence-electron chi connectivity index (χ4n) is 6.10. The molecule has 0 unspecified atom stereocenters. The predicted octanol–water partition coefficient (Wildman–Crippen LogP) is 14.7. The molecular weight excluding hydrogens is 843 g/mol. The summed E-state index contributed by atoms with van der Waals surface area (Å²) < 4.78 is 143. The van der Waals surface area contributed by atoms with Gasteiger partial charge < -0.3 is 0 Å². The largest absolute Gasteiger partial charge is 0.222 e. The summed E-state index contributed by atoms with van der Waals surface area (Å²) in [5.41, 5.74) is -1.93. The highest BCUT2D eigenvalue weighted by molar-refractivity contribution is 7.33. The van der Waals surface area contributed by atoms with E-state index in [-0.39, 0.29) is 9.75 Å². The minimum Gasteiger partial charge on any atom is -0.222 e. The van der Waals surface area contributed by atoms with Gasteiger partial charge in [0.1, 0.15) is 10.0 Å². The van der Waals surface area contributed by atoms with E-state index < -0.39 is 69.3 Å². The molecule has 268 valence electrons. The third-order valence-corrected chi connectivity index (χ3v) is 15.4. The van der Waals surface area contributed by atoms with E-state index in [4.69, 9.17) is 9.97 Å². The summed E-state index contributed by atoms with van der Waals surface area (Å²) in [6, 6.07) is 13.8. The van der Waals surface area contributed by atoms with Gasteiger partial charge >= 0.3 is 0 Å². The molecule has 2 nitrogen and oxygen atoms in total. The second kappa shape index (κ2) is 12.0. The highest BCUT2D eigenvalue weighted by atomic mass is 32.1. The molecule has 0 fully saturated rings. The Kier molecular flexibility index (Phi) is 7.58. The zero-order valence-corrected chi connectivity index (χ0v) is 30.6. The van der Waals surface area contributed by atoms with Crippen molar-refractivity contribution in [3.8, 4) is 40.7 Å². The van der Waals surface area contributed by atoms with E-state index in [1.807, 2.05) is 12.1 Å². The van der Waals surface area contributed by atoms with Crippen molar-refractivity contribution in [3.05, 3.63) is 107 Å². The molecule has 0 atom stereocenters. The van der Waals surface area contributed by atoms with Crippen LogP contribution in [-0.2, 0) is 0 Å². The molecule has 0 saturated carbocycles. The van der Waals surface area contributed by atoms with Crippen molar-refractivity contribution in [2.45, 2.75) is 0 Å². The van der Waals surface area contributed by atoms with E-state index in [1.54, 1.807) is 24.3 Å². The first-order valence-electron chi connectivity index (χ1n) is 15.1. The second-order valence-electron chi connectivity index (χ2n) is 11.8. The third-order valence-electron chi connectivity index (χ3n) is 8.62. The molecule has 0 bridgehead atoms. The van der Waals surface area contributed by atoms with Gasteiger partial charge in [0.05, 0.1) is 20.9 Å². The molecular formula is C36H8F10N2S6. The van der Waals surface area contributed by atoms with E-state index in [9.17, 15) is 43.9 Å². The van der Waals surface area contributed by atoms with Crippen molar-refractivity contribution < 1.29 is 43.9 Å². The van der Waals surface area contributed by atoms with Crippen LogP contribution in [0.5, 0.6) is 0 Å². The summed E-state index contributed by atoms with van der Waals surface area (Å²) in [6.07, 6.45) is 0. The molecule has 0 aliphatic rings. The number of hydrogen-bond acceptors (Lipinski definition) is 8. The molecule has 18 heteroatoms. The highest BCUT2D eigenvalue weighted by Gasteiger charge is 2.29. The lowest BCUT2D eigenvalue weighted by molar-refractivity contribution is 0.381. The van der Waals surface area contributed by atoms with Crippen molar-refractivity contribution in [1.82, 2.24) is 9.97 Å². The molecule has 6 heterocycles. The van der Waals surface area contributed by atoms with E-state index in [0.717, 1.165) is 62.6 Å². The first-order chi connectivity index (χ1) is 25.8. The van der Waals surface area contributed by atoms with Gasteiger partial charge in [-0.3, -0.25) is 0 Å². The molecule has 0 amide bonds. The molecule has 10 rings (SSSR count). The van der Waals surface area contributed by atoms with Crippen LogP contribution in [0.3, 0.4) is 0 Å². The zero-order valence-electron chi connectivity index (χ0n) is 25.7. The summed E-state index contributed by atoms with van der Waals surface area (Å²) in [5, 5.41) is 4.22. The number of thiazole rings is 2. The average Bonchev–Trinajstić information content (AvgIpc) is 3.99. The maximum Gasteiger partial charge on any atom is 0.200 e. The minimum absolute atomic E-state index is 0.0869. The van der Waals surface area contributed by atoms with Gasteiger partial charge in [-0.25, -0.2) is 53.9 Å². The monoisotopic (exact) mass is 850 g/mol. The number of rotatable bonds is 4. The lowest BCUT2D eigenvalue weighted by Crippen LogP contribution is -2.03. The van der Waals surface area contributed by atoms with E-state index >= 15 is 0 Å². The van der Waals surface area contributed by atoms with Crippen molar-refractivity contribution in [1.29, 1.82) is 0 Å². The number of hydrogen-bond donors (Lipinski definition) is 0. The van der Waals surface area contributed by atoms with Gasteiger partial charge in [0, 0.05) is 28.6 Å². The number of aromatic nitrogens is 2. The third kappa shape index (κ3) is 5.00. The standard InChI is InChI=1S/C36H8F10N2S6/c37-23-21(24(38)28(42)31(45)27(23)41)17-3-9-1-11-5-19(51-15(11)7-13(9)49-17)33-47-35-36(53-33)48-34(54-35)20-6-12-2-10-4-18(50-14(10)8-16(12)52-20)22-25(39)29(43)32(46)30(44)26(22)40/h1-8H. The summed E-state index contributed by atoms with van der Waals surface area (Å²) in [5.74, 6) is -20.0. The van der Waals surface area contributed by atoms with Crippen LogP contribution in [0.4, 0.5) is 43.9 Å². The van der Waals surface area contributed by atoms with Crippen LogP contribution in [0.25, 0.3) is 90.7 Å². The van der Waals surface area contributed by atoms with Gasteiger partial charge in [0.25, 0.3) is 0 Å². The van der Waals surface area contributed by atoms with Crippen LogP contribution in [0.15, 0.2) is 48.5 Å². The van der Waals surface area contributed by atoms with E-state index in [2.05, 4.69) is 0 Å². The van der Waals surface area contributed by atoms with Crippen LogP contribution in [-0.4, -0.2) is 9.97 Å². The quantitative estimate of drug-likeness (QED) is 0.100. The molecule has 54 heavy (non-hydrogen) atoms. The summed E-state index contributed by atoms with van der Waals surface area (Å²) in [4.78, 5) is 12.6. The molecule has 0 aliphatic carbocycles.